The SMILES string of the molecule is CN1CCC(C(=O)N2C[C@H]3C[C@@H](Oc4ccc5c(c4)OCO5)[C@H](O)C[C@H]3C2)CC1. The molecule has 4 atom stereocenters. The van der Waals surface area contributed by atoms with Crippen LogP contribution in [-0.4, -0.2) is 73.0 Å². The minimum Gasteiger partial charge on any atom is -0.488 e. The first-order valence-corrected chi connectivity index (χ1v) is 10.8. The molecular formula is C22H30N2O5. The van der Waals surface area contributed by atoms with E-state index in [1.54, 1.807) is 0 Å². The quantitative estimate of drug-likeness (QED) is 0.830. The lowest BCUT2D eigenvalue weighted by atomic mass is 9.78. The van der Waals surface area contributed by atoms with Gasteiger partial charge in [-0.15, -0.1) is 0 Å². The molecular weight excluding hydrogens is 372 g/mol. The van der Waals surface area contributed by atoms with Crippen LogP contribution in [0.15, 0.2) is 18.2 Å². The zero-order chi connectivity index (χ0) is 20.0. The van der Waals surface area contributed by atoms with Gasteiger partial charge in [0.05, 0.1) is 6.10 Å². The third-order valence-corrected chi connectivity index (χ3v) is 7.10. The van der Waals surface area contributed by atoms with Crippen molar-refractivity contribution in [3.63, 3.8) is 0 Å². The highest BCUT2D eigenvalue weighted by Crippen LogP contribution is 2.40. The molecule has 3 heterocycles. The Morgan fingerprint density at radius 2 is 1.83 bits per heavy atom. The van der Waals surface area contributed by atoms with E-state index in [0.717, 1.165) is 51.2 Å². The van der Waals surface area contributed by atoms with Crippen LogP contribution in [0.1, 0.15) is 25.7 Å². The van der Waals surface area contributed by atoms with E-state index in [1.807, 2.05) is 18.2 Å². The van der Waals surface area contributed by atoms with Gasteiger partial charge in [-0.25, -0.2) is 0 Å². The molecule has 7 nitrogen and oxygen atoms in total. The largest absolute Gasteiger partial charge is 0.488 e. The van der Waals surface area contributed by atoms with Crippen molar-refractivity contribution in [2.45, 2.75) is 37.9 Å². The summed E-state index contributed by atoms with van der Waals surface area (Å²) in [5, 5.41) is 10.7. The van der Waals surface area contributed by atoms with Crippen LogP contribution in [0.3, 0.4) is 0 Å². The van der Waals surface area contributed by atoms with Crippen molar-refractivity contribution in [3.8, 4) is 17.2 Å². The molecule has 5 rings (SSSR count). The van der Waals surface area contributed by atoms with Crippen molar-refractivity contribution in [1.29, 1.82) is 0 Å². The van der Waals surface area contributed by atoms with Crippen LogP contribution in [0, 0.1) is 17.8 Å². The van der Waals surface area contributed by atoms with E-state index in [2.05, 4.69) is 16.8 Å². The van der Waals surface area contributed by atoms with Crippen LogP contribution in [0.25, 0.3) is 0 Å². The molecule has 1 aliphatic carbocycles. The highest BCUT2D eigenvalue weighted by molar-refractivity contribution is 5.79. The molecule has 4 aliphatic rings. The highest BCUT2D eigenvalue weighted by atomic mass is 16.7. The van der Waals surface area contributed by atoms with E-state index >= 15 is 0 Å². The normalized spacial score (nSPS) is 32.3. The van der Waals surface area contributed by atoms with Crippen molar-refractivity contribution in [1.82, 2.24) is 9.80 Å². The number of benzene rings is 1. The van der Waals surface area contributed by atoms with E-state index in [4.69, 9.17) is 14.2 Å². The number of hydrogen-bond acceptors (Lipinski definition) is 6. The monoisotopic (exact) mass is 402 g/mol. The van der Waals surface area contributed by atoms with Crippen LogP contribution < -0.4 is 14.2 Å². The molecule has 1 amide bonds. The summed E-state index contributed by atoms with van der Waals surface area (Å²) in [6, 6.07) is 5.52. The number of hydrogen-bond donors (Lipinski definition) is 1. The first-order chi connectivity index (χ1) is 14.1. The Bertz CT molecular complexity index is 764. The van der Waals surface area contributed by atoms with Crippen molar-refractivity contribution in [2.75, 3.05) is 40.0 Å². The fourth-order valence-electron chi connectivity index (χ4n) is 5.34. The van der Waals surface area contributed by atoms with Crippen LogP contribution in [0.2, 0.25) is 0 Å². The molecule has 1 N–H and O–H groups in total. The molecule has 0 unspecified atom stereocenters. The molecule has 0 bridgehead atoms. The summed E-state index contributed by atoms with van der Waals surface area (Å²) in [4.78, 5) is 17.4. The number of likely N-dealkylation sites (tertiary alicyclic amines) is 2. The van der Waals surface area contributed by atoms with Gasteiger partial charge in [0, 0.05) is 25.1 Å². The molecule has 7 heteroatoms. The van der Waals surface area contributed by atoms with Gasteiger partial charge in [0.2, 0.25) is 12.7 Å². The third-order valence-electron chi connectivity index (χ3n) is 7.10. The van der Waals surface area contributed by atoms with Gasteiger partial charge in [0.15, 0.2) is 11.5 Å². The minimum atomic E-state index is -0.514. The van der Waals surface area contributed by atoms with Gasteiger partial charge in [-0.05, 0) is 69.8 Å². The number of fused-ring (bicyclic) bond motifs is 2. The van der Waals surface area contributed by atoms with Crippen molar-refractivity contribution in [3.05, 3.63) is 18.2 Å². The lowest BCUT2D eigenvalue weighted by Gasteiger charge is -2.35. The number of aliphatic hydroxyl groups excluding tert-OH is 1. The number of nitrogens with zero attached hydrogens (tertiary/aromatic N) is 2. The zero-order valence-electron chi connectivity index (χ0n) is 17.0. The molecule has 1 saturated carbocycles. The minimum absolute atomic E-state index is 0.164. The fourth-order valence-corrected chi connectivity index (χ4v) is 5.34. The molecule has 0 radical (unpaired) electrons. The van der Waals surface area contributed by atoms with Gasteiger partial charge in [-0.1, -0.05) is 0 Å². The molecule has 29 heavy (non-hydrogen) atoms. The first kappa shape index (κ1) is 19.0. The summed E-state index contributed by atoms with van der Waals surface area (Å²) in [6.07, 6.45) is 2.61. The molecule has 0 aromatic heterocycles. The lowest BCUT2D eigenvalue weighted by molar-refractivity contribution is -0.136. The van der Waals surface area contributed by atoms with E-state index in [-0.39, 0.29) is 18.8 Å². The van der Waals surface area contributed by atoms with Gasteiger partial charge in [-0.3, -0.25) is 4.79 Å². The number of piperidine rings is 1. The maximum Gasteiger partial charge on any atom is 0.231 e. The van der Waals surface area contributed by atoms with Gasteiger partial charge in [-0.2, -0.15) is 0 Å². The second kappa shape index (κ2) is 7.69. The molecule has 2 saturated heterocycles. The summed E-state index contributed by atoms with van der Waals surface area (Å²) < 4.78 is 16.9. The molecule has 158 valence electrons. The number of carbonyl (C=O) groups is 1. The number of rotatable bonds is 3. The summed E-state index contributed by atoms with van der Waals surface area (Å²) in [7, 11) is 2.12. The van der Waals surface area contributed by atoms with Crippen molar-refractivity contribution < 1.29 is 24.1 Å². The first-order valence-electron chi connectivity index (χ1n) is 10.8. The van der Waals surface area contributed by atoms with E-state index in [1.165, 1.54) is 0 Å². The van der Waals surface area contributed by atoms with Gasteiger partial charge < -0.3 is 29.1 Å². The Labute approximate surface area is 171 Å². The second-order valence-corrected chi connectivity index (χ2v) is 9.05. The number of carbonyl (C=O) groups excluding carboxylic acids is 1. The number of amides is 1. The maximum absolute atomic E-state index is 13.0. The Balaban J connectivity index is 1.20. The summed E-state index contributed by atoms with van der Waals surface area (Å²) in [5.74, 6) is 3.34. The molecule has 3 fully saturated rings. The Kier molecular flexibility index (Phi) is 5.04. The van der Waals surface area contributed by atoms with Gasteiger partial charge >= 0.3 is 0 Å². The Morgan fingerprint density at radius 1 is 1.10 bits per heavy atom. The lowest BCUT2D eigenvalue weighted by Crippen LogP contribution is -2.42. The Morgan fingerprint density at radius 3 is 2.62 bits per heavy atom. The molecule has 1 aromatic rings. The predicted octanol–water partition coefficient (Wildman–Crippen LogP) is 1.73. The molecule has 3 aliphatic heterocycles. The van der Waals surface area contributed by atoms with E-state index in [0.29, 0.717) is 35.7 Å². The zero-order valence-corrected chi connectivity index (χ0v) is 17.0. The summed E-state index contributed by atoms with van der Waals surface area (Å²) in [5.41, 5.74) is 0. The van der Waals surface area contributed by atoms with Crippen LogP contribution in [0.4, 0.5) is 0 Å². The second-order valence-electron chi connectivity index (χ2n) is 9.05. The third kappa shape index (κ3) is 3.78. The predicted molar refractivity (Wildman–Crippen MR) is 106 cm³/mol. The smallest absolute Gasteiger partial charge is 0.231 e. The average molecular weight is 402 g/mol. The standard InChI is InChI=1S/C22H30N2O5/c1-23-6-4-14(5-7-23)22(26)24-11-15-8-18(25)20(9-16(15)12-24)29-17-2-3-19-21(10-17)28-13-27-19/h2-3,10,14-16,18,20,25H,4-9,11-13H2,1H3/t15-,16+,18+,20+/m0/s1. The van der Waals surface area contributed by atoms with E-state index < -0.39 is 6.10 Å². The number of aliphatic hydroxyl groups is 1. The van der Waals surface area contributed by atoms with Crippen LogP contribution >= 0.6 is 0 Å². The highest BCUT2D eigenvalue weighted by Gasteiger charge is 2.45. The van der Waals surface area contributed by atoms with Crippen LogP contribution in [0.5, 0.6) is 17.2 Å². The van der Waals surface area contributed by atoms with Gasteiger partial charge in [0.25, 0.3) is 0 Å². The summed E-state index contributed by atoms with van der Waals surface area (Å²) in [6.45, 7) is 3.81. The molecule has 0 spiro atoms. The Hall–Kier alpha value is -1.99. The van der Waals surface area contributed by atoms with E-state index in [9.17, 15) is 9.90 Å². The fraction of sp³-hybridized carbons (Fsp3) is 0.682. The average Bonchev–Trinajstić information content (AvgIpc) is 3.34. The van der Waals surface area contributed by atoms with Crippen molar-refractivity contribution in [2.24, 2.45) is 17.8 Å². The van der Waals surface area contributed by atoms with Crippen LogP contribution in [-0.2, 0) is 4.79 Å². The number of ether oxygens (including phenoxy) is 3. The van der Waals surface area contributed by atoms with Crippen molar-refractivity contribution >= 4 is 5.91 Å². The topological polar surface area (TPSA) is 71.5 Å². The molecule has 1 aromatic carbocycles. The summed E-state index contributed by atoms with van der Waals surface area (Å²) >= 11 is 0. The van der Waals surface area contributed by atoms with Gasteiger partial charge in [0.1, 0.15) is 11.9 Å². The maximum atomic E-state index is 13.0.